The smallest absolute Gasteiger partial charge is 0.0758 e. The van der Waals surface area contributed by atoms with Crippen molar-refractivity contribution < 1.29 is 5.11 Å². The van der Waals surface area contributed by atoms with Gasteiger partial charge in [0, 0.05) is 23.2 Å². The zero-order valence-electron chi connectivity index (χ0n) is 9.65. The first-order valence-corrected chi connectivity index (χ1v) is 6.84. The second-order valence-electron chi connectivity index (χ2n) is 4.41. The molecule has 1 saturated carbocycles. The van der Waals surface area contributed by atoms with E-state index >= 15 is 0 Å². The molecular weight excluding hydrogens is 218 g/mol. The van der Waals surface area contributed by atoms with Crippen LogP contribution in [-0.2, 0) is 0 Å². The van der Waals surface area contributed by atoms with Crippen molar-refractivity contribution in [3.05, 3.63) is 29.8 Å². The predicted octanol–water partition coefficient (Wildman–Crippen LogP) is 2.20. The molecule has 1 aromatic rings. The van der Waals surface area contributed by atoms with E-state index in [0.717, 1.165) is 12.3 Å². The van der Waals surface area contributed by atoms with Crippen LogP contribution in [-0.4, -0.2) is 29.5 Å². The van der Waals surface area contributed by atoms with E-state index in [-0.39, 0.29) is 6.10 Å². The number of hydrogen-bond acceptors (Lipinski definition) is 3. The molecule has 88 valence electrons. The molecule has 1 atom stereocenters. The topological polar surface area (TPSA) is 32.3 Å². The number of aryl methyl sites for hydroxylation is 1. The molecular formula is C13H19NOS. The van der Waals surface area contributed by atoms with Crippen LogP contribution >= 0.6 is 11.8 Å². The van der Waals surface area contributed by atoms with Gasteiger partial charge in [-0.1, -0.05) is 18.2 Å². The van der Waals surface area contributed by atoms with Crippen LogP contribution in [0.4, 0.5) is 0 Å². The van der Waals surface area contributed by atoms with Crippen molar-refractivity contribution in [3.63, 3.8) is 0 Å². The standard InChI is InChI=1S/C13H19NOS/c1-10-4-2-3-5-13(10)16-9-12(15)8-14-11-6-7-11/h2-5,11-12,14-15H,6-9H2,1H3. The number of aliphatic hydroxyl groups excluding tert-OH is 1. The molecule has 0 heterocycles. The van der Waals surface area contributed by atoms with Gasteiger partial charge in [-0.25, -0.2) is 0 Å². The Labute approximate surface area is 101 Å². The lowest BCUT2D eigenvalue weighted by Crippen LogP contribution is -2.29. The van der Waals surface area contributed by atoms with Gasteiger partial charge in [-0.15, -0.1) is 11.8 Å². The SMILES string of the molecule is Cc1ccccc1SCC(O)CNC1CC1. The molecule has 2 rings (SSSR count). The molecule has 0 radical (unpaired) electrons. The predicted molar refractivity (Wildman–Crippen MR) is 68.9 cm³/mol. The lowest BCUT2D eigenvalue weighted by Gasteiger charge is -2.11. The van der Waals surface area contributed by atoms with Crippen LogP contribution in [0.5, 0.6) is 0 Å². The van der Waals surface area contributed by atoms with E-state index in [2.05, 4.69) is 24.4 Å². The maximum Gasteiger partial charge on any atom is 0.0758 e. The number of hydrogen-bond donors (Lipinski definition) is 2. The van der Waals surface area contributed by atoms with Crippen LogP contribution in [0.3, 0.4) is 0 Å². The molecule has 1 fully saturated rings. The first-order chi connectivity index (χ1) is 7.75. The van der Waals surface area contributed by atoms with Crippen LogP contribution < -0.4 is 5.32 Å². The number of rotatable bonds is 6. The van der Waals surface area contributed by atoms with E-state index in [9.17, 15) is 5.11 Å². The first-order valence-electron chi connectivity index (χ1n) is 5.85. The lowest BCUT2D eigenvalue weighted by molar-refractivity contribution is 0.195. The summed E-state index contributed by atoms with van der Waals surface area (Å²) in [5.41, 5.74) is 1.29. The summed E-state index contributed by atoms with van der Waals surface area (Å²) in [6.45, 7) is 2.83. The summed E-state index contributed by atoms with van der Waals surface area (Å²) in [7, 11) is 0. The minimum absolute atomic E-state index is 0.245. The molecule has 0 bridgehead atoms. The van der Waals surface area contributed by atoms with Crippen LogP contribution in [0.2, 0.25) is 0 Å². The average molecular weight is 237 g/mol. The highest BCUT2D eigenvalue weighted by Gasteiger charge is 2.21. The maximum absolute atomic E-state index is 9.79. The Hall–Kier alpha value is -0.510. The van der Waals surface area contributed by atoms with Gasteiger partial charge in [0.25, 0.3) is 0 Å². The third-order valence-corrected chi connectivity index (χ3v) is 4.06. The van der Waals surface area contributed by atoms with Crippen molar-refractivity contribution in [2.24, 2.45) is 0 Å². The fourth-order valence-electron chi connectivity index (χ4n) is 1.55. The summed E-state index contributed by atoms with van der Waals surface area (Å²) in [5, 5.41) is 13.1. The Balaban J connectivity index is 1.71. The van der Waals surface area contributed by atoms with E-state index in [0.29, 0.717) is 6.04 Å². The highest BCUT2D eigenvalue weighted by atomic mass is 32.2. The molecule has 16 heavy (non-hydrogen) atoms. The molecule has 1 aliphatic rings. The van der Waals surface area contributed by atoms with Crippen molar-refractivity contribution in [2.75, 3.05) is 12.3 Å². The molecule has 2 nitrogen and oxygen atoms in total. The second-order valence-corrected chi connectivity index (χ2v) is 5.47. The number of nitrogens with one attached hydrogen (secondary N) is 1. The van der Waals surface area contributed by atoms with E-state index in [1.54, 1.807) is 11.8 Å². The van der Waals surface area contributed by atoms with Crippen molar-refractivity contribution in [3.8, 4) is 0 Å². The zero-order chi connectivity index (χ0) is 11.4. The summed E-state index contributed by atoms with van der Waals surface area (Å²) in [4.78, 5) is 1.27. The molecule has 0 amide bonds. The highest BCUT2D eigenvalue weighted by Crippen LogP contribution is 2.23. The van der Waals surface area contributed by atoms with E-state index in [4.69, 9.17) is 0 Å². The normalized spacial score (nSPS) is 17.4. The summed E-state index contributed by atoms with van der Waals surface area (Å²) >= 11 is 1.74. The van der Waals surface area contributed by atoms with Crippen LogP contribution in [0.15, 0.2) is 29.2 Å². The number of benzene rings is 1. The van der Waals surface area contributed by atoms with Crippen molar-refractivity contribution >= 4 is 11.8 Å². The van der Waals surface area contributed by atoms with Gasteiger partial charge in [-0.2, -0.15) is 0 Å². The van der Waals surface area contributed by atoms with Gasteiger partial charge in [0.1, 0.15) is 0 Å². The van der Waals surface area contributed by atoms with Gasteiger partial charge in [0.05, 0.1) is 6.10 Å². The summed E-state index contributed by atoms with van der Waals surface area (Å²) in [5.74, 6) is 0.768. The molecule has 1 unspecified atom stereocenters. The first kappa shape index (κ1) is 12.0. The van der Waals surface area contributed by atoms with Crippen LogP contribution in [0, 0.1) is 6.92 Å². The largest absolute Gasteiger partial charge is 0.391 e. The summed E-state index contributed by atoms with van der Waals surface area (Å²) in [6.07, 6.45) is 2.31. The number of aliphatic hydroxyl groups is 1. The van der Waals surface area contributed by atoms with Gasteiger partial charge in [0.15, 0.2) is 0 Å². The minimum atomic E-state index is -0.245. The molecule has 1 aromatic carbocycles. The molecule has 2 N–H and O–H groups in total. The zero-order valence-corrected chi connectivity index (χ0v) is 10.5. The Morgan fingerprint density at radius 2 is 2.19 bits per heavy atom. The Morgan fingerprint density at radius 3 is 2.88 bits per heavy atom. The Kier molecular flexibility index (Phi) is 4.27. The molecule has 0 saturated heterocycles. The molecule has 3 heteroatoms. The lowest BCUT2D eigenvalue weighted by atomic mass is 10.2. The van der Waals surface area contributed by atoms with E-state index in [1.165, 1.54) is 23.3 Å². The van der Waals surface area contributed by atoms with Gasteiger partial charge >= 0.3 is 0 Å². The monoisotopic (exact) mass is 237 g/mol. The molecule has 0 aromatic heterocycles. The summed E-state index contributed by atoms with van der Waals surface area (Å²) in [6, 6.07) is 8.99. The van der Waals surface area contributed by atoms with Crippen LogP contribution in [0.1, 0.15) is 18.4 Å². The van der Waals surface area contributed by atoms with Gasteiger partial charge in [-0.05, 0) is 31.4 Å². The van der Waals surface area contributed by atoms with E-state index < -0.39 is 0 Å². The third kappa shape index (κ3) is 3.81. The maximum atomic E-state index is 9.79. The van der Waals surface area contributed by atoms with Gasteiger partial charge in [0.2, 0.25) is 0 Å². The van der Waals surface area contributed by atoms with Crippen molar-refractivity contribution in [1.82, 2.24) is 5.32 Å². The average Bonchev–Trinajstić information content (AvgIpc) is 3.09. The van der Waals surface area contributed by atoms with Crippen molar-refractivity contribution in [2.45, 2.75) is 36.8 Å². The molecule has 0 aliphatic heterocycles. The molecule has 0 spiro atoms. The van der Waals surface area contributed by atoms with Crippen molar-refractivity contribution in [1.29, 1.82) is 0 Å². The van der Waals surface area contributed by atoms with E-state index in [1.807, 2.05) is 12.1 Å². The fraction of sp³-hybridized carbons (Fsp3) is 0.538. The van der Waals surface area contributed by atoms with Gasteiger partial charge in [-0.3, -0.25) is 0 Å². The minimum Gasteiger partial charge on any atom is -0.391 e. The Bertz CT molecular complexity index is 338. The number of thioether (sulfide) groups is 1. The summed E-state index contributed by atoms with van der Waals surface area (Å²) < 4.78 is 0. The Morgan fingerprint density at radius 1 is 1.44 bits per heavy atom. The fourth-order valence-corrected chi connectivity index (χ4v) is 2.51. The van der Waals surface area contributed by atoms with Crippen LogP contribution in [0.25, 0.3) is 0 Å². The second kappa shape index (κ2) is 5.71. The molecule has 1 aliphatic carbocycles. The quantitative estimate of drug-likeness (QED) is 0.744. The highest BCUT2D eigenvalue weighted by molar-refractivity contribution is 7.99. The van der Waals surface area contributed by atoms with Gasteiger partial charge < -0.3 is 10.4 Å². The third-order valence-electron chi connectivity index (χ3n) is 2.74.